The van der Waals surface area contributed by atoms with Gasteiger partial charge in [-0.2, -0.15) is 0 Å². The van der Waals surface area contributed by atoms with Gasteiger partial charge in [-0.15, -0.1) is 11.3 Å². The summed E-state index contributed by atoms with van der Waals surface area (Å²) in [5.41, 5.74) is 2.11. The molecule has 3 heterocycles. The van der Waals surface area contributed by atoms with Gasteiger partial charge in [0.1, 0.15) is 10.8 Å². The smallest absolute Gasteiger partial charge is 0.287 e. The maximum Gasteiger partial charge on any atom is 0.287 e. The molecular weight excluding hydrogens is 346 g/mol. The summed E-state index contributed by atoms with van der Waals surface area (Å²) in [5, 5.41) is 3.84. The van der Waals surface area contributed by atoms with E-state index in [0.717, 1.165) is 52.6 Å². The molecule has 0 unspecified atom stereocenters. The number of carbonyl (C=O) groups is 1. The average molecular weight is 369 g/mol. The molecule has 3 aromatic rings. The molecular formula is C20H23N3O2S. The third-order valence-corrected chi connectivity index (χ3v) is 5.81. The Morgan fingerprint density at radius 1 is 1.31 bits per heavy atom. The monoisotopic (exact) mass is 369 g/mol. The second-order valence-electron chi connectivity index (χ2n) is 6.65. The van der Waals surface area contributed by atoms with Crippen molar-refractivity contribution >= 4 is 27.5 Å². The highest BCUT2D eigenvalue weighted by atomic mass is 32.1. The largest absolute Gasteiger partial charge is 0.456 e. The lowest BCUT2D eigenvalue weighted by Crippen LogP contribution is -2.22. The fourth-order valence-electron chi connectivity index (χ4n) is 3.43. The molecule has 1 saturated heterocycles. The van der Waals surface area contributed by atoms with Gasteiger partial charge in [-0.25, -0.2) is 4.98 Å². The first-order valence-electron chi connectivity index (χ1n) is 9.19. The minimum atomic E-state index is -0.174. The maximum atomic E-state index is 12.5. The van der Waals surface area contributed by atoms with Gasteiger partial charge in [0, 0.05) is 18.5 Å². The molecule has 0 atom stereocenters. The molecule has 0 radical (unpaired) electrons. The van der Waals surface area contributed by atoms with Crippen LogP contribution in [0.3, 0.4) is 0 Å². The minimum Gasteiger partial charge on any atom is -0.456 e. The number of aromatic nitrogens is 1. The van der Waals surface area contributed by atoms with Gasteiger partial charge in [-0.05, 0) is 44.1 Å². The number of furan rings is 1. The van der Waals surface area contributed by atoms with Crippen molar-refractivity contribution in [1.82, 2.24) is 15.2 Å². The van der Waals surface area contributed by atoms with Crippen LogP contribution in [-0.4, -0.2) is 28.9 Å². The highest BCUT2D eigenvalue weighted by Gasteiger charge is 2.19. The fraction of sp³-hybridized carbons (Fsp3) is 0.400. The number of aryl methyl sites for hydroxylation is 1. The van der Waals surface area contributed by atoms with E-state index < -0.39 is 0 Å². The van der Waals surface area contributed by atoms with Crippen molar-refractivity contribution in [1.29, 1.82) is 0 Å². The number of para-hydroxylation sites is 1. The van der Waals surface area contributed by atoms with E-state index in [0.29, 0.717) is 12.3 Å². The highest BCUT2D eigenvalue weighted by Crippen LogP contribution is 2.23. The first-order chi connectivity index (χ1) is 12.7. The number of carbonyl (C=O) groups excluding carboxylic acids is 1. The van der Waals surface area contributed by atoms with Crippen LogP contribution in [0, 0.1) is 0 Å². The molecule has 2 aromatic heterocycles. The molecule has 0 saturated carbocycles. The van der Waals surface area contributed by atoms with Crippen molar-refractivity contribution in [2.75, 3.05) is 13.1 Å². The maximum absolute atomic E-state index is 12.5. The molecule has 26 heavy (non-hydrogen) atoms. The van der Waals surface area contributed by atoms with Crippen molar-refractivity contribution in [3.05, 3.63) is 52.4 Å². The molecule has 1 aliphatic rings. The van der Waals surface area contributed by atoms with E-state index in [-0.39, 0.29) is 5.91 Å². The Morgan fingerprint density at radius 3 is 2.88 bits per heavy atom. The van der Waals surface area contributed by atoms with Gasteiger partial charge >= 0.3 is 0 Å². The lowest BCUT2D eigenvalue weighted by molar-refractivity contribution is 0.0921. The summed E-state index contributed by atoms with van der Waals surface area (Å²) in [5.74, 6) is 1.14. The number of rotatable bonds is 6. The van der Waals surface area contributed by atoms with Crippen LogP contribution in [0.15, 0.2) is 34.7 Å². The summed E-state index contributed by atoms with van der Waals surface area (Å²) in [6.07, 6.45) is 3.32. The van der Waals surface area contributed by atoms with Crippen LogP contribution in [0.4, 0.5) is 0 Å². The van der Waals surface area contributed by atoms with Crippen molar-refractivity contribution in [3.63, 3.8) is 0 Å². The van der Waals surface area contributed by atoms with Crippen LogP contribution in [0.5, 0.6) is 0 Å². The van der Waals surface area contributed by atoms with Gasteiger partial charge in [0.15, 0.2) is 5.76 Å². The van der Waals surface area contributed by atoms with E-state index in [2.05, 4.69) is 22.1 Å². The van der Waals surface area contributed by atoms with Gasteiger partial charge in [0.2, 0.25) is 0 Å². The number of amides is 1. The molecule has 0 bridgehead atoms. The zero-order chi connectivity index (χ0) is 17.9. The SMILES string of the molecule is CCc1oc(C(=O)NCc2nc3ccccc3s2)cc1CN1CCCC1. The molecule has 1 amide bonds. The van der Waals surface area contributed by atoms with E-state index in [1.807, 2.05) is 30.3 Å². The van der Waals surface area contributed by atoms with Gasteiger partial charge in [-0.3, -0.25) is 9.69 Å². The van der Waals surface area contributed by atoms with Crippen molar-refractivity contribution in [3.8, 4) is 0 Å². The van der Waals surface area contributed by atoms with E-state index in [9.17, 15) is 4.79 Å². The summed E-state index contributed by atoms with van der Waals surface area (Å²) in [4.78, 5) is 19.5. The minimum absolute atomic E-state index is 0.174. The molecule has 6 heteroatoms. The molecule has 4 rings (SSSR count). The summed E-state index contributed by atoms with van der Waals surface area (Å²) < 4.78 is 6.96. The van der Waals surface area contributed by atoms with Crippen molar-refractivity contribution in [2.45, 2.75) is 39.3 Å². The van der Waals surface area contributed by atoms with Crippen LogP contribution >= 0.6 is 11.3 Å². The van der Waals surface area contributed by atoms with Crippen LogP contribution < -0.4 is 5.32 Å². The Balaban J connectivity index is 1.42. The first-order valence-corrected chi connectivity index (χ1v) is 10.0. The lowest BCUT2D eigenvalue weighted by Gasteiger charge is -2.13. The summed E-state index contributed by atoms with van der Waals surface area (Å²) in [6, 6.07) is 9.91. The lowest BCUT2D eigenvalue weighted by atomic mass is 10.2. The standard InChI is InChI=1S/C20H23N3O2S/c1-2-16-14(13-23-9-5-6-10-23)11-17(25-16)20(24)21-12-19-22-15-7-3-4-8-18(15)26-19/h3-4,7-8,11H,2,5-6,9-10,12-13H2,1H3,(H,21,24). The van der Waals surface area contributed by atoms with Gasteiger partial charge < -0.3 is 9.73 Å². The predicted octanol–water partition coefficient (Wildman–Crippen LogP) is 3.98. The molecule has 136 valence electrons. The zero-order valence-electron chi connectivity index (χ0n) is 15.0. The Hall–Kier alpha value is -2.18. The number of likely N-dealkylation sites (tertiary alicyclic amines) is 1. The zero-order valence-corrected chi connectivity index (χ0v) is 15.8. The summed E-state index contributed by atoms with van der Waals surface area (Å²) in [6.45, 7) is 5.62. The van der Waals surface area contributed by atoms with Crippen LogP contribution in [0.2, 0.25) is 0 Å². The molecule has 1 aromatic carbocycles. The molecule has 0 aliphatic carbocycles. The predicted molar refractivity (Wildman–Crippen MR) is 103 cm³/mol. The topological polar surface area (TPSA) is 58.4 Å². The normalized spacial score (nSPS) is 15.0. The Bertz CT molecular complexity index is 876. The highest BCUT2D eigenvalue weighted by molar-refractivity contribution is 7.18. The molecule has 1 fully saturated rings. The van der Waals surface area contributed by atoms with E-state index in [1.165, 1.54) is 12.8 Å². The van der Waals surface area contributed by atoms with E-state index >= 15 is 0 Å². The van der Waals surface area contributed by atoms with E-state index in [4.69, 9.17) is 4.42 Å². The van der Waals surface area contributed by atoms with Crippen molar-refractivity contribution in [2.24, 2.45) is 0 Å². The Labute approximate surface area is 157 Å². The summed E-state index contributed by atoms with van der Waals surface area (Å²) in [7, 11) is 0. The Morgan fingerprint density at radius 2 is 2.12 bits per heavy atom. The first kappa shape index (κ1) is 17.2. The molecule has 1 aliphatic heterocycles. The molecule has 5 nitrogen and oxygen atoms in total. The third-order valence-electron chi connectivity index (χ3n) is 4.77. The average Bonchev–Trinajstić information content (AvgIpc) is 3.39. The van der Waals surface area contributed by atoms with E-state index in [1.54, 1.807) is 11.3 Å². The van der Waals surface area contributed by atoms with Crippen LogP contribution in [0.1, 0.15) is 46.7 Å². The number of fused-ring (bicyclic) bond motifs is 1. The van der Waals surface area contributed by atoms with Crippen LogP contribution in [0.25, 0.3) is 10.2 Å². The second kappa shape index (κ2) is 7.60. The number of nitrogens with zero attached hydrogens (tertiary/aromatic N) is 2. The number of thiazole rings is 1. The number of nitrogens with one attached hydrogen (secondary N) is 1. The fourth-order valence-corrected chi connectivity index (χ4v) is 4.34. The van der Waals surface area contributed by atoms with Crippen molar-refractivity contribution < 1.29 is 9.21 Å². The van der Waals surface area contributed by atoms with Gasteiger partial charge in [-0.1, -0.05) is 19.1 Å². The Kier molecular flexibility index (Phi) is 5.04. The van der Waals surface area contributed by atoms with Crippen LogP contribution in [-0.2, 0) is 19.5 Å². The quantitative estimate of drug-likeness (QED) is 0.714. The summed E-state index contributed by atoms with van der Waals surface area (Å²) >= 11 is 1.61. The molecule has 1 N–H and O–H groups in total. The molecule has 0 spiro atoms. The van der Waals surface area contributed by atoms with Gasteiger partial charge in [0.25, 0.3) is 5.91 Å². The van der Waals surface area contributed by atoms with Gasteiger partial charge in [0.05, 0.1) is 16.8 Å². The number of hydrogen-bond donors (Lipinski definition) is 1. The second-order valence-corrected chi connectivity index (χ2v) is 7.77. The number of benzene rings is 1. The number of hydrogen-bond acceptors (Lipinski definition) is 5. The third kappa shape index (κ3) is 3.66.